The molecule has 0 aliphatic carbocycles. The van der Waals surface area contributed by atoms with Crippen molar-refractivity contribution in [1.82, 2.24) is 0 Å². The molecule has 5 heteroatoms. The van der Waals surface area contributed by atoms with Crippen LogP contribution in [0.3, 0.4) is 0 Å². The Morgan fingerprint density at radius 3 is 2.50 bits per heavy atom. The SMILES string of the molecule is CC(C)(C)/C(CC#N)=N/OCC(=O)O. The van der Waals surface area contributed by atoms with E-state index in [1.165, 1.54) is 0 Å². The van der Waals surface area contributed by atoms with Crippen molar-refractivity contribution in [3.05, 3.63) is 0 Å². The summed E-state index contributed by atoms with van der Waals surface area (Å²) in [6.45, 7) is 5.17. The first-order chi connectivity index (χ1) is 6.38. The second kappa shape index (κ2) is 5.22. The topological polar surface area (TPSA) is 82.7 Å². The molecule has 0 aromatic rings. The molecule has 14 heavy (non-hydrogen) atoms. The maximum absolute atomic E-state index is 10.1. The molecule has 0 aromatic heterocycles. The number of hydrogen-bond acceptors (Lipinski definition) is 4. The van der Waals surface area contributed by atoms with Crippen LogP contribution in [0.4, 0.5) is 0 Å². The van der Waals surface area contributed by atoms with E-state index in [1.54, 1.807) is 0 Å². The van der Waals surface area contributed by atoms with E-state index < -0.39 is 12.6 Å². The first-order valence-corrected chi connectivity index (χ1v) is 4.16. The molecular weight excluding hydrogens is 184 g/mol. The lowest BCUT2D eigenvalue weighted by molar-refractivity contribution is -0.142. The van der Waals surface area contributed by atoms with Crippen molar-refractivity contribution < 1.29 is 14.7 Å². The van der Waals surface area contributed by atoms with Crippen LogP contribution in [0.25, 0.3) is 0 Å². The van der Waals surface area contributed by atoms with Crippen molar-refractivity contribution in [3.63, 3.8) is 0 Å². The Balaban J connectivity index is 4.36. The lowest BCUT2D eigenvalue weighted by Crippen LogP contribution is -2.20. The van der Waals surface area contributed by atoms with Crippen LogP contribution in [0.2, 0.25) is 0 Å². The van der Waals surface area contributed by atoms with Gasteiger partial charge < -0.3 is 9.94 Å². The Hall–Kier alpha value is -1.57. The first-order valence-electron chi connectivity index (χ1n) is 4.16. The third kappa shape index (κ3) is 5.14. The number of aliphatic carboxylic acids is 1. The van der Waals surface area contributed by atoms with Crippen molar-refractivity contribution in [2.24, 2.45) is 10.6 Å². The Morgan fingerprint density at radius 2 is 2.14 bits per heavy atom. The van der Waals surface area contributed by atoms with E-state index in [-0.39, 0.29) is 11.8 Å². The van der Waals surface area contributed by atoms with Gasteiger partial charge in [-0.2, -0.15) is 5.26 Å². The molecule has 0 unspecified atom stereocenters. The second-order valence-electron chi connectivity index (χ2n) is 3.79. The third-order valence-corrected chi connectivity index (χ3v) is 1.48. The molecule has 0 aromatic carbocycles. The molecule has 0 radical (unpaired) electrons. The summed E-state index contributed by atoms with van der Waals surface area (Å²) in [6, 6.07) is 1.95. The molecule has 78 valence electrons. The Morgan fingerprint density at radius 1 is 1.57 bits per heavy atom. The van der Waals surface area contributed by atoms with E-state index in [0.717, 1.165) is 0 Å². The monoisotopic (exact) mass is 198 g/mol. The lowest BCUT2D eigenvalue weighted by atomic mass is 9.88. The van der Waals surface area contributed by atoms with Gasteiger partial charge >= 0.3 is 5.97 Å². The molecule has 0 rings (SSSR count). The summed E-state index contributed by atoms with van der Waals surface area (Å²) in [7, 11) is 0. The van der Waals surface area contributed by atoms with E-state index in [4.69, 9.17) is 10.4 Å². The molecule has 0 fully saturated rings. The summed E-state index contributed by atoms with van der Waals surface area (Å²) in [5, 5.41) is 20.4. The van der Waals surface area contributed by atoms with Gasteiger partial charge in [0, 0.05) is 5.41 Å². The number of hydrogen-bond donors (Lipinski definition) is 1. The Bertz CT molecular complexity index is 271. The zero-order valence-corrected chi connectivity index (χ0v) is 8.57. The Labute approximate surface area is 83.0 Å². The molecule has 0 amide bonds. The molecule has 5 nitrogen and oxygen atoms in total. The molecule has 0 spiro atoms. The average Bonchev–Trinajstić information content (AvgIpc) is 2.00. The summed E-state index contributed by atoms with van der Waals surface area (Å²) in [6.07, 6.45) is 0.142. The van der Waals surface area contributed by atoms with Crippen LogP contribution in [0, 0.1) is 16.7 Å². The van der Waals surface area contributed by atoms with Crippen LogP contribution in [0.1, 0.15) is 27.2 Å². The summed E-state index contributed by atoms with van der Waals surface area (Å²) < 4.78 is 0. The van der Waals surface area contributed by atoms with E-state index in [1.807, 2.05) is 26.8 Å². The molecular formula is C9H14N2O3. The molecule has 1 N–H and O–H groups in total. The zero-order valence-electron chi connectivity index (χ0n) is 8.57. The van der Waals surface area contributed by atoms with Gasteiger partial charge in [-0.3, -0.25) is 0 Å². The molecule has 0 atom stereocenters. The van der Waals surface area contributed by atoms with Gasteiger partial charge in [-0.25, -0.2) is 4.79 Å². The number of nitriles is 1. The number of rotatable bonds is 4. The van der Waals surface area contributed by atoms with Gasteiger partial charge in [-0.05, 0) is 0 Å². The summed E-state index contributed by atoms with van der Waals surface area (Å²) in [5.74, 6) is -1.08. The molecule has 0 aliphatic rings. The predicted octanol–water partition coefficient (Wildman–Crippen LogP) is 1.40. The van der Waals surface area contributed by atoms with Gasteiger partial charge in [-0.15, -0.1) is 0 Å². The fraction of sp³-hybridized carbons (Fsp3) is 0.667. The first kappa shape index (κ1) is 12.4. The number of carboxylic acid groups (broad SMARTS) is 1. The van der Waals surface area contributed by atoms with E-state index >= 15 is 0 Å². The summed E-state index contributed by atoms with van der Waals surface area (Å²) in [4.78, 5) is 14.7. The van der Waals surface area contributed by atoms with Gasteiger partial charge in [0.2, 0.25) is 6.61 Å². The van der Waals surface area contributed by atoms with E-state index in [0.29, 0.717) is 5.71 Å². The highest BCUT2D eigenvalue weighted by Crippen LogP contribution is 2.18. The van der Waals surface area contributed by atoms with Crippen LogP contribution in [0.5, 0.6) is 0 Å². The molecule has 0 aliphatic heterocycles. The third-order valence-electron chi connectivity index (χ3n) is 1.48. The van der Waals surface area contributed by atoms with Crippen LogP contribution in [-0.4, -0.2) is 23.4 Å². The second-order valence-corrected chi connectivity index (χ2v) is 3.79. The molecule has 0 saturated carbocycles. The van der Waals surface area contributed by atoms with Crippen LogP contribution in [0.15, 0.2) is 5.16 Å². The highest BCUT2D eigenvalue weighted by Gasteiger charge is 2.19. The average molecular weight is 198 g/mol. The maximum Gasteiger partial charge on any atom is 0.344 e. The van der Waals surface area contributed by atoms with Gasteiger partial charge in [0.15, 0.2) is 0 Å². The minimum absolute atomic E-state index is 0.142. The van der Waals surface area contributed by atoms with Gasteiger partial charge in [0.25, 0.3) is 0 Å². The van der Waals surface area contributed by atoms with Gasteiger partial charge in [0.1, 0.15) is 0 Å². The van der Waals surface area contributed by atoms with E-state index in [9.17, 15) is 4.79 Å². The largest absolute Gasteiger partial charge is 0.479 e. The predicted molar refractivity (Wildman–Crippen MR) is 50.7 cm³/mol. The van der Waals surface area contributed by atoms with Crippen molar-refractivity contribution in [2.45, 2.75) is 27.2 Å². The van der Waals surface area contributed by atoms with E-state index in [2.05, 4.69) is 9.99 Å². The highest BCUT2D eigenvalue weighted by atomic mass is 16.6. The lowest BCUT2D eigenvalue weighted by Gasteiger charge is -2.18. The van der Waals surface area contributed by atoms with Gasteiger partial charge in [0.05, 0.1) is 18.2 Å². The zero-order chi connectivity index (χ0) is 11.2. The molecule has 0 saturated heterocycles. The summed E-state index contributed by atoms with van der Waals surface area (Å²) >= 11 is 0. The highest BCUT2D eigenvalue weighted by molar-refractivity contribution is 5.90. The number of carboxylic acids is 1. The van der Waals surface area contributed by atoms with Crippen molar-refractivity contribution >= 4 is 11.7 Å². The van der Waals surface area contributed by atoms with Crippen LogP contribution < -0.4 is 0 Å². The molecule has 0 heterocycles. The fourth-order valence-electron chi connectivity index (χ4n) is 0.675. The van der Waals surface area contributed by atoms with Crippen molar-refractivity contribution in [2.75, 3.05) is 6.61 Å². The smallest absolute Gasteiger partial charge is 0.344 e. The summed E-state index contributed by atoms with van der Waals surface area (Å²) in [5.41, 5.74) is 0.259. The normalized spacial score (nSPS) is 12.0. The maximum atomic E-state index is 10.1. The minimum Gasteiger partial charge on any atom is -0.479 e. The van der Waals surface area contributed by atoms with Gasteiger partial charge in [-0.1, -0.05) is 25.9 Å². The van der Waals surface area contributed by atoms with Crippen molar-refractivity contribution in [3.8, 4) is 6.07 Å². The standard InChI is InChI=1S/C9H14N2O3/c1-9(2,3)7(4-5-10)11-14-6-8(12)13/h4,6H2,1-3H3,(H,12,13)/b11-7+. The quantitative estimate of drug-likeness (QED) is 0.546. The molecule has 0 bridgehead atoms. The number of carbonyl (C=O) groups is 1. The van der Waals surface area contributed by atoms with Crippen molar-refractivity contribution in [1.29, 1.82) is 5.26 Å². The number of nitrogens with zero attached hydrogens (tertiary/aromatic N) is 2. The van der Waals surface area contributed by atoms with Crippen LogP contribution >= 0.6 is 0 Å². The van der Waals surface area contributed by atoms with Crippen LogP contribution in [-0.2, 0) is 9.63 Å². The fourth-order valence-corrected chi connectivity index (χ4v) is 0.675. The Kier molecular flexibility index (Phi) is 4.64. The number of oxime groups is 1. The minimum atomic E-state index is -1.08.